The largest absolute Gasteiger partial charge is 0.481 e. The molecule has 19 heteroatoms. The highest BCUT2D eigenvalue weighted by molar-refractivity contribution is 5.95. The number of amides is 6. The smallest absolute Gasteiger partial charge is 0.326 e. The minimum Gasteiger partial charge on any atom is -0.481 e. The van der Waals surface area contributed by atoms with Crippen molar-refractivity contribution in [2.45, 2.75) is 94.8 Å². The average Bonchev–Trinajstić information content (AvgIpc) is 3.47. The molecule has 0 spiro atoms. The molecule has 0 aromatic heterocycles. The van der Waals surface area contributed by atoms with E-state index in [1.54, 1.807) is 0 Å². The van der Waals surface area contributed by atoms with E-state index in [4.69, 9.17) is 10.8 Å². The predicted octanol–water partition coefficient (Wildman–Crippen LogP) is -5.23. The van der Waals surface area contributed by atoms with Crippen molar-refractivity contribution in [2.75, 3.05) is 13.1 Å². The average molecular weight is 632 g/mol. The molecule has 0 aromatic carbocycles. The van der Waals surface area contributed by atoms with Crippen molar-refractivity contribution in [2.24, 2.45) is 5.73 Å². The normalized spacial score (nSPS) is 18.3. The van der Waals surface area contributed by atoms with Crippen LogP contribution in [-0.4, -0.2) is 123 Å². The van der Waals surface area contributed by atoms with Crippen LogP contribution in [0.5, 0.6) is 0 Å². The van der Waals surface area contributed by atoms with Gasteiger partial charge in [-0.3, -0.25) is 33.6 Å². The van der Waals surface area contributed by atoms with Gasteiger partial charge in [-0.25, -0.2) is 4.79 Å². The third-order valence-electron chi connectivity index (χ3n) is 6.52. The van der Waals surface area contributed by atoms with Gasteiger partial charge in [0.05, 0.1) is 24.8 Å². The summed E-state index contributed by atoms with van der Waals surface area (Å²) < 4.78 is 0. The van der Waals surface area contributed by atoms with Crippen LogP contribution in [0.15, 0.2) is 0 Å². The fourth-order valence-corrected chi connectivity index (χ4v) is 4.09. The van der Waals surface area contributed by atoms with E-state index < -0.39 is 109 Å². The van der Waals surface area contributed by atoms with Crippen LogP contribution in [0.25, 0.3) is 0 Å². The molecule has 0 bridgehead atoms. The number of aliphatic hydroxyl groups excluding tert-OH is 2. The number of carbonyl (C=O) groups excluding carboxylic acids is 6. The molecule has 1 fully saturated rings. The van der Waals surface area contributed by atoms with Crippen LogP contribution < -0.4 is 37.6 Å². The molecule has 6 amide bonds. The van der Waals surface area contributed by atoms with E-state index in [9.17, 15) is 53.7 Å². The second-order valence-electron chi connectivity index (χ2n) is 10.3. The molecule has 0 saturated carbocycles. The van der Waals surface area contributed by atoms with Gasteiger partial charge in [0.25, 0.3) is 0 Å². The molecule has 0 unspecified atom stereocenters. The molecule has 1 rings (SSSR count). The number of rotatable bonds is 19. The summed E-state index contributed by atoms with van der Waals surface area (Å²) in [6, 6.07) is -6.81. The lowest BCUT2D eigenvalue weighted by molar-refractivity contribution is -0.144. The molecule has 44 heavy (non-hydrogen) atoms. The van der Waals surface area contributed by atoms with Crippen molar-refractivity contribution in [3.63, 3.8) is 0 Å². The first-order chi connectivity index (χ1) is 20.5. The highest BCUT2D eigenvalue weighted by Crippen LogP contribution is 2.07. The zero-order valence-electron chi connectivity index (χ0n) is 24.3. The van der Waals surface area contributed by atoms with Gasteiger partial charge in [0.15, 0.2) is 0 Å². The molecule has 1 aliphatic rings. The van der Waals surface area contributed by atoms with Crippen LogP contribution in [0.4, 0.5) is 0 Å². The number of carbonyl (C=O) groups is 8. The number of hydrogen-bond donors (Lipinski definition) is 11. The lowest BCUT2D eigenvalue weighted by Gasteiger charge is -2.26. The van der Waals surface area contributed by atoms with Gasteiger partial charge in [0.2, 0.25) is 35.4 Å². The van der Waals surface area contributed by atoms with E-state index in [0.717, 1.165) is 13.3 Å². The van der Waals surface area contributed by atoms with Gasteiger partial charge in [-0.15, -0.1) is 0 Å². The van der Waals surface area contributed by atoms with Gasteiger partial charge < -0.3 is 58.1 Å². The molecule has 7 atom stereocenters. The number of carboxylic acid groups (broad SMARTS) is 2. The number of primary amides is 1. The highest BCUT2D eigenvalue weighted by Gasteiger charge is 2.33. The number of hydrogen-bond acceptors (Lipinski definition) is 11. The maximum absolute atomic E-state index is 12.9. The van der Waals surface area contributed by atoms with Gasteiger partial charge >= 0.3 is 11.9 Å². The first-order valence-electron chi connectivity index (χ1n) is 13.8. The fourth-order valence-electron chi connectivity index (χ4n) is 4.09. The first kappa shape index (κ1) is 37.7. The molecule has 0 aromatic rings. The van der Waals surface area contributed by atoms with E-state index in [0.29, 0.717) is 13.0 Å². The van der Waals surface area contributed by atoms with E-state index in [1.165, 1.54) is 6.92 Å². The maximum atomic E-state index is 12.9. The molecule has 0 aliphatic carbocycles. The Kier molecular flexibility index (Phi) is 15.7. The minimum absolute atomic E-state index is 0.315. The number of aliphatic hydroxyl groups is 2. The van der Waals surface area contributed by atoms with Crippen LogP contribution in [0.1, 0.15) is 52.4 Å². The predicted molar refractivity (Wildman–Crippen MR) is 148 cm³/mol. The van der Waals surface area contributed by atoms with Crippen LogP contribution in [-0.2, 0) is 38.4 Å². The Bertz CT molecular complexity index is 1080. The summed E-state index contributed by atoms with van der Waals surface area (Å²) in [4.78, 5) is 96.7. The molecule has 1 heterocycles. The topological polar surface area (TPSA) is 316 Å². The van der Waals surface area contributed by atoms with Crippen LogP contribution in [0.3, 0.4) is 0 Å². The lowest BCUT2D eigenvalue weighted by Crippen LogP contribution is -2.59. The lowest BCUT2D eigenvalue weighted by atomic mass is 10.1. The van der Waals surface area contributed by atoms with Crippen molar-refractivity contribution in [1.29, 1.82) is 0 Å². The second kappa shape index (κ2) is 18.3. The van der Waals surface area contributed by atoms with Gasteiger partial charge in [0.1, 0.15) is 24.2 Å². The standard InChI is InChI=1S/C25H41N7O12/c1-11(33)19(23(41)30-15(25(43)44)6-8-18(37)38)31-17(36)10-28-21(39)14(5-7-16(26)35)29-24(42)20(12(2)34)32-22(40)13-4-3-9-27-13/h11-15,19-20,27,33-34H,3-10H2,1-2H3,(H2,26,35)(H,28,39)(H,29,42)(H,30,41)(H,31,36)(H,32,40)(H,37,38)(H,43,44)/t11-,12-,13+,14+,15+,19+,20+/m1/s1. The Morgan fingerprint density at radius 1 is 0.795 bits per heavy atom. The van der Waals surface area contributed by atoms with E-state index in [1.807, 2.05) is 5.32 Å². The zero-order chi connectivity index (χ0) is 33.6. The monoisotopic (exact) mass is 631 g/mol. The van der Waals surface area contributed by atoms with Crippen molar-refractivity contribution in [1.82, 2.24) is 31.9 Å². The van der Waals surface area contributed by atoms with Gasteiger partial charge in [-0.05, 0) is 46.1 Å². The fraction of sp³-hybridized carbons (Fsp3) is 0.680. The van der Waals surface area contributed by atoms with Gasteiger partial charge in [-0.1, -0.05) is 0 Å². The summed E-state index contributed by atoms with van der Waals surface area (Å²) >= 11 is 0. The summed E-state index contributed by atoms with van der Waals surface area (Å²) in [5, 5.41) is 52.1. The molecule has 1 aliphatic heterocycles. The third-order valence-corrected chi connectivity index (χ3v) is 6.52. The quantitative estimate of drug-likeness (QED) is 0.0636. The third kappa shape index (κ3) is 13.3. The molecule has 0 radical (unpaired) electrons. The summed E-state index contributed by atoms with van der Waals surface area (Å²) in [6.45, 7) is 2.16. The summed E-state index contributed by atoms with van der Waals surface area (Å²) in [5.74, 6) is -8.28. The number of nitrogens with two attached hydrogens (primary N) is 1. The van der Waals surface area contributed by atoms with Crippen molar-refractivity contribution in [3.05, 3.63) is 0 Å². The van der Waals surface area contributed by atoms with Crippen LogP contribution >= 0.6 is 0 Å². The number of nitrogens with one attached hydrogen (secondary N) is 6. The van der Waals surface area contributed by atoms with E-state index in [2.05, 4.69) is 26.6 Å². The Labute approximate surface area is 252 Å². The van der Waals surface area contributed by atoms with E-state index in [-0.39, 0.29) is 12.8 Å². The summed E-state index contributed by atoms with van der Waals surface area (Å²) in [6.07, 6.45) is -3.38. The Morgan fingerprint density at radius 3 is 1.82 bits per heavy atom. The second-order valence-corrected chi connectivity index (χ2v) is 10.3. The van der Waals surface area contributed by atoms with Crippen molar-refractivity contribution >= 4 is 47.4 Å². The molecular weight excluding hydrogens is 590 g/mol. The molecule has 248 valence electrons. The summed E-state index contributed by atoms with van der Waals surface area (Å²) in [5.41, 5.74) is 5.16. The van der Waals surface area contributed by atoms with Crippen LogP contribution in [0, 0.1) is 0 Å². The number of aliphatic carboxylic acids is 2. The SMILES string of the molecule is C[C@@H](O)[C@H](NC(=O)CNC(=O)[C@H](CCC(N)=O)NC(=O)[C@@H](NC(=O)[C@@H]1CCCN1)[C@@H](C)O)C(=O)N[C@@H](CCC(=O)O)C(=O)O. The molecule has 12 N–H and O–H groups in total. The molecular formula is C25H41N7O12. The van der Waals surface area contributed by atoms with Gasteiger partial charge in [0, 0.05) is 12.8 Å². The van der Waals surface area contributed by atoms with Crippen molar-refractivity contribution in [3.8, 4) is 0 Å². The van der Waals surface area contributed by atoms with Crippen molar-refractivity contribution < 1.29 is 58.8 Å². The minimum atomic E-state index is -1.69. The zero-order valence-corrected chi connectivity index (χ0v) is 24.3. The first-order valence-corrected chi connectivity index (χ1v) is 13.8. The molecule has 19 nitrogen and oxygen atoms in total. The Hall–Kier alpha value is -4.36. The maximum Gasteiger partial charge on any atom is 0.326 e. The van der Waals surface area contributed by atoms with Crippen LogP contribution in [0.2, 0.25) is 0 Å². The number of carboxylic acids is 2. The Morgan fingerprint density at radius 2 is 1.34 bits per heavy atom. The highest BCUT2D eigenvalue weighted by atomic mass is 16.4. The summed E-state index contributed by atoms with van der Waals surface area (Å²) in [7, 11) is 0. The van der Waals surface area contributed by atoms with E-state index >= 15 is 0 Å². The van der Waals surface area contributed by atoms with Gasteiger partial charge in [-0.2, -0.15) is 0 Å². The molecule has 1 saturated heterocycles. The Balaban J connectivity index is 2.87.